The van der Waals surface area contributed by atoms with Crippen molar-refractivity contribution in [3.05, 3.63) is 46.7 Å². The van der Waals surface area contributed by atoms with Crippen molar-refractivity contribution in [2.75, 3.05) is 18.5 Å². The van der Waals surface area contributed by atoms with Gasteiger partial charge in [-0.25, -0.2) is 14.8 Å². The van der Waals surface area contributed by atoms with Gasteiger partial charge >= 0.3 is 12.1 Å². The number of anilines is 1. The summed E-state index contributed by atoms with van der Waals surface area (Å²) in [5.74, 6) is 0.443. The van der Waals surface area contributed by atoms with Gasteiger partial charge in [-0.15, -0.1) is 0 Å². The molecule has 3 N–H and O–H groups in total. The summed E-state index contributed by atoms with van der Waals surface area (Å²) in [6, 6.07) is 7.22. The van der Waals surface area contributed by atoms with Gasteiger partial charge in [0.2, 0.25) is 0 Å². The number of ether oxygens (including phenoxy) is 2. The van der Waals surface area contributed by atoms with Crippen LogP contribution in [0.5, 0.6) is 6.01 Å². The highest BCUT2D eigenvalue weighted by atomic mass is 79.9. The lowest BCUT2D eigenvalue weighted by molar-refractivity contribution is 0.106. The van der Waals surface area contributed by atoms with Crippen molar-refractivity contribution in [3.8, 4) is 6.01 Å². The van der Waals surface area contributed by atoms with E-state index in [1.807, 2.05) is 19.1 Å². The van der Waals surface area contributed by atoms with E-state index in [4.69, 9.17) is 15.2 Å². The number of aliphatic imine (C=N–C) groups is 1. The maximum Gasteiger partial charge on any atom is 0.419 e. The Balaban J connectivity index is 1.72. The number of aromatic nitrogens is 2. The Morgan fingerprint density at radius 1 is 1.40 bits per heavy atom. The fourth-order valence-corrected chi connectivity index (χ4v) is 2.60. The van der Waals surface area contributed by atoms with Gasteiger partial charge < -0.3 is 15.2 Å². The van der Waals surface area contributed by atoms with Crippen LogP contribution in [0.25, 0.3) is 0 Å². The maximum atomic E-state index is 12.0. The Morgan fingerprint density at radius 3 is 2.88 bits per heavy atom. The van der Waals surface area contributed by atoms with E-state index in [0.717, 1.165) is 5.56 Å². The third kappa shape index (κ3) is 4.31. The van der Waals surface area contributed by atoms with Crippen LogP contribution in [0.4, 0.5) is 10.5 Å². The highest BCUT2D eigenvalue weighted by molar-refractivity contribution is 9.10. The lowest BCUT2D eigenvalue weighted by Gasteiger charge is -2.30. The second kappa shape index (κ2) is 7.16. The molecule has 25 heavy (non-hydrogen) atoms. The van der Waals surface area contributed by atoms with E-state index in [-0.39, 0.29) is 6.01 Å². The summed E-state index contributed by atoms with van der Waals surface area (Å²) >= 11 is 3.21. The van der Waals surface area contributed by atoms with E-state index >= 15 is 0 Å². The first kappa shape index (κ1) is 17.3. The molecule has 1 atom stereocenters. The number of benzene rings is 1. The number of halogens is 1. The Morgan fingerprint density at radius 2 is 2.16 bits per heavy atom. The molecule has 3 rings (SSSR count). The number of nitrogens with zero attached hydrogens (tertiary/aromatic N) is 3. The van der Waals surface area contributed by atoms with Gasteiger partial charge in [-0.3, -0.25) is 10.3 Å². The number of rotatable bonds is 3. The van der Waals surface area contributed by atoms with Gasteiger partial charge in [-0.2, -0.15) is 0 Å². The normalized spacial score (nSPS) is 19.8. The molecule has 0 spiro atoms. The number of hydrogen-bond donors (Lipinski definition) is 2. The minimum absolute atomic E-state index is 0.0399. The summed E-state index contributed by atoms with van der Waals surface area (Å²) in [6.07, 6.45) is 2.29. The smallest absolute Gasteiger partial charge is 0.386 e. The Labute approximate surface area is 152 Å². The molecule has 0 aliphatic carbocycles. The first-order valence-corrected chi connectivity index (χ1v) is 8.23. The second-order valence-corrected chi connectivity index (χ2v) is 6.56. The van der Waals surface area contributed by atoms with Crippen LogP contribution in [0, 0.1) is 0 Å². The van der Waals surface area contributed by atoms with Crippen LogP contribution < -0.4 is 15.8 Å². The zero-order valence-corrected chi connectivity index (χ0v) is 15.0. The molecule has 1 aliphatic heterocycles. The summed E-state index contributed by atoms with van der Waals surface area (Å²) in [5.41, 5.74) is 6.61. The van der Waals surface area contributed by atoms with Crippen molar-refractivity contribution >= 4 is 33.5 Å². The van der Waals surface area contributed by atoms with Gasteiger partial charge in [0, 0.05) is 18.1 Å². The molecule has 0 saturated carbocycles. The van der Waals surface area contributed by atoms with Gasteiger partial charge in [0.05, 0.1) is 11.1 Å². The maximum absolute atomic E-state index is 12.0. The van der Waals surface area contributed by atoms with Gasteiger partial charge in [-0.1, -0.05) is 12.1 Å². The van der Waals surface area contributed by atoms with E-state index < -0.39 is 11.6 Å². The van der Waals surface area contributed by atoms with Crippen molar-refractivity contribution in [1.82, 2.24) is 9.97 Å². The van der Waals surface area contributed by atoms with Crippen LogP contribution >= 0.6 is 15.9 Å². The first-order chi connectivity index (χ1) is 11.9. The number of nitrogens with two attached hydrogens (primary N) is 1. The fraction of sp³-hybridized carbons (Fsp3) is 0.250. The molecule has 2 aromatic rings. The molecular weight excluding hydrogens is 390 g/mol. The Bertz CT molecular complexity index is 812. The number of amides is 1. The van der Waals surface area contributed by atoms with Crippen molar-refractivity contribution in [1.29, 1.82) is 0 Å². The molecule has 1 unspecified atom stereocenters. The number of hydrogen-bond acceptors (Lipinski definition) is 7. The van der Waals surface area contributed by atoms with E-state index in [0.29, 0.717) is 29.2 Å². The molecule has 0 radical (unpaired) electrons. The van der Waals surface area contributed by atoms with Gasteiger partial charge in [0.1, 0.15) is 18.0 Å². The largest absolute Gasteiger partial charge is 0.419 e. The molecule has 130 valence electrons. The Kier molecular flexibility index (Phi) is 4.95. The summed E-state index contributed by atoms with van der Waals surface area (Å²) in [4.78, 5) is 24.2. The molecule has 9 heteroatoms. The minimum atomic E-state index is -0.687. The molecule has 1 aromatic heterocycles. The lowest BCUT2D eigenvalue weighted by atomic mass is 9.92. The number of carbonyl (C=O) groups excluding carboxylic acids is 1. The van der Waals surface area contributed by atoms with Gasteiger partial charge in [-0.05, 0) is 40.5 Å². The zero-order valence-electron chi connectivity index (χ0n) is 13.4. The van der Waals surface area contributed by atoms with Crippen LogP contribution in [0.3, 0.4) is 0 Å². The van der Waals surface area contributed by atoms with E-state index in [9.17, 15) is 4.79 Å². The topological polar surface area (TPSA) is 112 Å². The van der Waals surface area contributed by atoms with E-state index in [1.165, 1.54) is 12.4 Å². The van der Waals surface area contributed by atoms with Crippen LogP contribution in [0.2, 0.25) is 0 Å². The average Bonchev–Trinajstić information content (AvgIpc) is 2.57. The van der Waals surface area contributed by atoms with Crippen LogP contribution in [0.15, 0.2) is 46.1 Å². The van der Waals surface area contributed by atoms with Crippen LogP contribution in [0.1, 0.15) is 12.5 Å². The van der Waals surface area contributed by atoms with E-state index in [2.05, 4.69) is 36.2 Å². The zero-order chi connectivity index (χ0) is 17.9. The fourth-order valence-electron chi connectivity index (χ4n) is 2.40. The minimum Gasteiger partial charge on any atom is -0.386 e. The van der Waals surface area contributed by atoms with Crippen molar-refractivity contribution in [2.45, 2.75) is 12.5 Å². The predicted octanol–water partition coefficient (Wildman–Crippen LogP) is 2.45. The SMILES string of the molecule is CC1(c2cccc(NC(=O)Oc3ncc(Br)cn3)c2)COCC(N)=N1. The lowest BCUT2D eigenvalue weighted by Crippen LogP contribution is -2.37. The highest BCUT2D eigenvalue weighted by Crippen LogP contribution is 2.29. The molecule has 1 aromatic carbocycles. The van der Waals surface area contributed by atoms with Crippen molar-refractivity contribution in [2.24, 2.45) is 10.7 Å². The average molecular weight is 406 g/mol. The van der Waals surface area contributed by atoms with Crippen LogP contribution in [-0.2, 0) is 10.3 Å². The van der Waals surface area contributed by atoms with Crippen molar-refractivity contribution < 1.29 is 14.3 Å². The third-order valence-corrected chi connectivity index (χ3v) is 3.94. The number of amidine groups is 1. The molecule has 2 heterocycles. The summed E-state index contributed by atoms with van der Waals surface area (Å²) in [6.45, 7) is 2.66. The summed E-state index contributed by atoms with van der Waals surface area (Å²) < 4.78 is 11.2. The highest BCUT2D eigenvalue weighted by Gasteiger charge is 2.30. The summed E-state index contributed by atoms with van der Waals surface area (Å²) in [5, 5.41) is 2.64. The standard InChI is InChI=1S/C16H16BrN5O3/c1-16(9-24-8-13(18)22-16)10-3-2-4-12(5-10)21-15(23)25-14-19-6-11(17)7-20-14/h2-7H,8-9H2,1H3,(H2,18,22)(H,21,23). The quantitative estimate of drug-likeness (QED) is 0.810. The molecule has 0 bridgehead atoms. The van der Waals surface area contributed by atoms with Crippen molar-refractivity contribution in [3.63, 3.8) is 0 Å². The summed E-state index contributed by atoms with van der Waals surface area (Å²) in [7, 11) is 0. The molecule has 1 aliphatic rings. The molecule has 0 fully saturated rings. The molecular formula is C16H16BrN5O3. The predicted molar refractivity (Wildman–Crippen MR) is 95.6 cm³/mol. The Hall–Kier alpha value is -2.52. The third-order valence-electron chi connectivity index (χ3n) is 3.53. The van der Waals surface area contributed by atoms with Crippen LogP contribution in [-0.4, -0.2) is 35.1 Å². The number of nitrogens with one attached hydrogen (secondary N) is 1. The monoisotopic (exact) mass is 405 g/mol. The first-order valence-electron chi connectivity index (χ1n) is 7.43. The molecule has 0 saturated heterocycles. The molecule has 8 nitrogen and oxygen atoms in total. The molecule has 1 amide bonds. The van der Waals surface area contributed by atoms with Gasteiger partial charge in [0.25, 0.3) is 0 Å². The second-order valence-electron chi connectivity index (χ2n) is 5.65. The number of carbonyl (C=O) groups is 1. The van der Waals surface area contributed by atoms with E-state index in [1.54, 1.807) is 12.1 Å². The van der Waals surface area contributed by atoms with Gasteiger partial charge in [0.15, 0.2) is 0 Å².